The highest BCUT2D eigenvalue weighted by Gasteiger charge is 2.10. The molecular weight excluding hydrogens is 247 g/mol. The van der Waals surface area contributed by atoms with Gasteiger partial charge in [0.15, 0.2) is 0 Å². The first-order chi connectivity index (χ1) is 7.65. The Morgan fingerprint density at radius 1 is 1.50 bits per heavy atom. The van der Waals surface area contributed by atoms with E-state index in [-0.39, 0.29) is 5.02 Å². The number of benzene rings is 1. The highest BCUT2D eigenvalue weighted by molar-refractivity contribution is 7.99. The fraction of sp³-hybridized carbons (Fsp3) is 0.500. The molecule has 1 nitrogen and oxygen atoms in total. The SMILES string of the molecule is CCCSCC(O)Cc1cccc(F)c1Cl. The van der Waals surface area contributed by atoms with Crippen LogP contribution in [0.1, 0.15) is 18.9 Å². The van der Waals surface area contributed by atoms with Gasteiger partial charge in [0.05, 0.1) is 11.1 Å². The molecule has 0 radical (unpaired) electrons. The summed E-state index contributed by atoms with van der Waals surface area (Å²) in [6.07, 6.45) is 1.04. The van der Waals surface area contributed by atoms with Crippen LogP contribution in [0.25, 0.3) is 0 Å². The van der Waals surface area contributed by atoms with Crippen LogP contribution in [0, 0.1) is 5.82 Å². The van der Waals surface area contributed by atoms with Gasteiger partial charge in [-0.15, -0.1) is 0 Å². The van der Waals surface area contributed by atoms with Crippen molar-refractivity contribution in [2.75, 3.05) is 11.5 Å². The third-order valence-electron chi connectivity index (χ3n) is 2.15. The standard InChI is InChI=1S/C12H16ClFOS/c1-2-6-16-8-10(15)7-9-4-3-5-11(14)12(9)13/h3-5,10,15H,2,6-8H2,1H3. The Kier molecular flexibility index (Phi) is 6.17. The first-order valence-corrected chi connectivity index (χ1v) is 6.87. The van der Waals surface area contributed by atoms with Crippen molar-refractivity contribution >= 4 is 23.4 Å². The number of thioether (sulfide) groups is 1. The lowest BCUT2D eigenvalue weighted by Crippen LogP contribution is -2.14. The molecule has 0 aliphatic heterocycles. The number of aliphatic hydroxyl groups excluding tert-OH is 1. The van der Waals surface area contributed by atoms with Crippen LogP contribution in [-0.2, 0) is 6.42 Å². The van der Waals surface area contributed by atoms with E-state index in [2.05, 4.69) is 6.92 Å². The van der Waals surface area contributed by atoms with E-state index in [9.17, 15) is 9.50 Å². The van der Waals surface area contributed by atoms with Crippen LogP contribution >= 0.6 is 23.4 Å². The Morgan fingerprint density at radius 2 is 2.25 bits per heavy atom. The molecule has 0 saturated heterocycles. The molecule has 0 aliphatic rings. The van der Waals surface area contributed by atoms with E-state index in [1.807, 2.05) is 0 Å². The summed E-state index contributed by atoms with van der Waals surface area (Å²) in [7, 11) is 0. The van der Waals surface area contributed by atoms with Gasteiger partial charge in [0, 0.05) is 12.2 Å². The van der Waals surface area contributed by atoms with Crippen LogP contribution < -0.4 is 0 Å². The Hall–Kier alpha value is -0.250. The summed E-state index contributed by atoms with van der Waals surface area (Å²) in [5.41, 5.74) is 0.672. The van der Waals surface area contributed by atoms with Gasteiger partial charge >= 0.3 is 0 Å². The molecular formula is C12H16ClFOS. The van der Waals surface area contributed by atoms with Crippen molar-refractivity contribution in [2.45, 2.75) is 25.9 Å². The first kappa shape index (κ1) is 13.8. The van der Waals surface area contributed by atoms with Crippen LogP contribution in [0.5, 0.6) is 0 Å². The van der Waals surface area contributed by atoms with Crippen LogP contribution in [0.2, 0.25) is 5.02 Å². The Bertz CT molecular complexity index is 333. The quantitative estimate of drug-likeness (QED) is 0.792. The monoisotopic (exact) mass is 262 g/mol. The van der Waals surface area contributed by atoms with E-state index in [1.165, 1.54) is 6.07 Å². The summed E-state index contributed by atoms with van der Waals surface area (Å²) in [4.78, 5) is 0. The smallest absolute Gasteiger partial charge is 0.142 e. The van der Waals surface area contributed by atoms with Gasteiger partial charge in [-0.05, 0) is 23.8 Å². The van der Waals surface area contributed by atoms with Crippen LogP contribution in [0.15, 0.2) is 18.2 Å². The topological polar surface area (TPSA) is 20.2 Å². The molecule has 0 fully saturated rings. The van der Waals surface area contributed by atoms with Crippen LogP contribution in [-0.4, -0.2) is 22.7 Å². The van der Waals surface area contributed by atoms with E-state index >= 15 is 0 Å². The Labute approximate surface area is 105 Å². The molecule has 16 heavy (non-hydrogen) atoms. The lowest BCUT2D eigenvalue weighted by Gasteiger charge is -2.11. The minimum absolute atomic E-state index is 0.127. The predicted octanol–water partition coefficient (Wildman–Crippen LogP) is 3.53. The van der Waals surface area contributed by atoms with E-state index in [4.69, 9.17) is 11.6 Å². The Morgan fingerprint density at radius 3 is 2.94 bits per heavy atom. The lowest BCUT2D eigenvalue weighted by molar-refractivity contribution is 0.200. The highest BCUT2D eigenvalue weighted by Crippen LogP contribution is 2.21. The number of rotatable bonds is 6. The third kappa shape index (κ3) is 4.32. The summed E-state index contributed by atoms with van der Waals surface area (Å²) in [5, 5.41) is 9.87. The summed E-state index contributed by atoms with van der Waals surface area (Å²) in [5.74, 6) is 1.28. The summed E-state index contributed by atoms with van der Waals surface area (Å²) in [6.45, 7) is 2.10. The summed E-state index contributed by atoms with van der Waals surface area (Å²) >= 11 is 7.51. The normalized spacial score (nSPS) is 12.8. The van der Waals surface area contributed by atoms with Gasteiger partial charge in [-0.3, -0.25) is 0 Å². The molecule has 1 aromatic rings. The molecule has 1 N–H and O–H groups in total. The van der Waals surface area contributed by atoms with Gasteiger partial charge in [0.1, 0.15) is 5.82 Å². The zero-order chi connectivity index (χ0) is 12.0. The minimum Gasteiger partial charge on any atom is -0.392 e. The molecule has 0 aromatic heterocycles. The molecule has 0 bridgehead atoms. The Balaban J connectivity index is 2.49. The number of hydrogen-bond acceptors (Lipinski definition) is 2. The zero-order valence-corrected chi connectivity index (χ0v) is 10.8. The maximum Gasteiger partial charge on any atom is 0.142 e. The van der Waals surface area contributed by atoms with Crippen molar-refractivity contribution < 1.29 is 9.50 Å². The van der Waals surface area contributed by atoms with Gasteiger partial charge in [0.25, 0.3) is 0 Å². The average molecular weight is 263 g/mol. The van der Waals surface area contributed by atoms with Gasteiger partial charge in [-0.1, -0.05) is 30.7 Å². The van der Waals surface area contributed by atoms with Crippen molar-refractivity contribution in [2.24, 2.45) is 0 Å². The zero-order valence-electron chi connectivity index (χ0n) is 9.25. The molecule has 0 saturated carbocycles. The van der Waals surface area contributed by atoms with Crippen molar-refractivity contribution in [3.8, 4) is 0 Å². The molecule has 0 aliphatic carbocycles. The van der Waals surface area contributed by atoms with Gasteiger partial charge in [-0.2, -0.15) is 11.8 Å². The van der Waals surface area contributed by atoms with Gasteiger partial charge in [-0.25, -0.2) is 4.39 Å². The molecule has 0 heterocycles. The second-order valence-electron chi connectivity index (χ2n) is 3.65. The van der Waals surface area contributed by atoms with E-state index in [1.54, 1.807) is 23.9 Å². The molecule has 0 amide bonds. The lowest BCUT2D eigenvalue weighted by atomic mass is 10.1. The molecule has 1 aromatic carbocycles. The molecule has 1 unspecified atom stereocenters. The van der Waals surface area contributed by atoms with Crippen molar-refractivity contribution in [3.63, 3.8) is 0 Å². The maximum atomic E-state index is 13.1. The molecule has 1 rings (SSSR count). The van der Waals surface area contributed by atoms with Gasteiger partial charge in [0.2, 0.25) is 0 Å². The molecule has 4 heteroatoms. The predicted molar refractivity (Wildman–Crippen MR) is 68.7 cm³/mol. The van der Waals surface area contributed by atoms with Crippen LogP contribution in [0.4, 0.5) is 4.39 Å². The fourth-order valence-electron chi connectivity index (χ4n) is 1.38. The maximum absolute atomic E-state index is 13.1. The summed E-state index contributed by atoms with van der Waals surface area (Å²) in [6, 6.07) is 4.69. The molecule has 1 atom stereocenters. The fourth-order valence-corrected chi connectivity index (χ4v) is 2.43. The number of aliphatic hydroxyl groups is 1. The molecule has 90 valence electrons. The van der Waals surface area contributed by atoms with E-state index in [0.717, 1.165) is 12.2 Å². The molecule has 0 spiro atoms. The summed E-state index contributed by atoms with van der Waals surface area (Å²) < 4.78 is 13.1. The van der Waals surface area contributed by atoms with Gasteiger partial charge < -0.3 is 5.11 Å². The van der Waals surface area contributed by atoms with E-state index < -0.39 is 11.9 Å². The van der Waals surface area contributed by atoms with Crippen molar-refractivity contribution in [3.05, 3.63) is 34.6 Å². The number of hydrogen-bond donors (Lipinski definition) is 1. The second kappa shape index (κ2) is 7.15. The highest BCUT2D eigenvalue weighted by atomic mass is 35.5. The third-order valence-corrected chi connectivity index (χ3v) is 3.89. The van der Waals surface area contributed by atoms with Crippen LogP contribution in [0.3, 0.4) is 0 Å². The minimum atomic E-state index is -0.462. The largest absolute Gasteiger partial charge is 0.392 e. The van der Waals surface area contributed by atoms with E-state index in [0.29, 0.717) is 17.7 Å². The second-order valence-corrected chi connectivity index (χ2v) is 5.17. The van der Waals surface area contributed by atoms with Crippen molar-refractivity contribution in [1.82, 2.24) is 0 Å². The van der Waals surface area contributed by atoms with Crippen molar-refractivity contribution in [1.29, 1.82) is 0 Å². The average Bonchev–Trinajstić information content (AvgIpc) is 2.25. The number of halogens is 2. The first-order valence-electron chi connectivity index (χ1n) is 5.33.